The van der Waals surface area contributed by atoms with E-state index in [4.69, 9.17) is 5.41 Å². The molecule has 1 N–H and O–H groups in total. The Bertz CT molecular complexity index is 226. The van der Waals surface area contributed by atoms with E-state index in [0.717, 1.165) is 11.1 Å². The first-order chi connectivity index (χ1) is 4.88. The molecule has 50 valence electrons. The van der Waals surface area contributed by atoms with Crippen LogP contribution >= 0.6 is 0 Å². The molecule has 1 heterocycles. The van der Waals surface area contributed by atoms with Gasteiger partial charge in [-0.3, -0.25) is 4.98 Å². The molecular weight excluding hydrogens is 124 g/mol. The van der Waals surface area contributed by atoms with Crippen molar-refractivity contribution in [1.82, 2.24) is 4.98 Å². The number of pyridine rings is 1. The maximum Gasteiger partial charge on any atom is 0.0346 e. The van der Waals surface area contributed by atoms with E-state index in [9.17, 15) is 0 Å². The Morgan fingerprint density at radius 2 is 2.30 bits per heavy atom. The molecule has 0 aliphatic heterocycles. The van der Waals surface area contributed by atoms with Gasteiger partial charge >= 0.3 is 0 Å². The van der Waals surface area contributed by atoms with Crippen molar-refractivity contribution in [3.05, 3.63) is 36.2 Å². The van der Waals surface area contributed by atoms with Gasteiger partial charge in [0, 0.05) is 29.7 Å². The summed E-state index contributed by atoms with van der Waals surface area (Å²) in [5.41, 5.74) is 1.75. The number of aromatic nitrogens is 1. The summed E-state index contributed by atoms with van der Waals surface area (Å²) >= 11 is 0. The van der Waals surface area contributed by atoms with Crippen LogP contribution in [0.4, 0.5) is 0 Å². The first kappa shape index (κ1) is 6.68. The van der Waals surface area contributed by atoms with Crippen molar-refractivity contribution in [2.24, 2.45) is 0 Å². The molecule has 10 heavy (non-hydrogen) atoms. The Morgan fingerprint density at radius 1 is 1.50 bits per heavy atom. The fourth-order valence-corrected chi connectivity index (χ4v) is 0.719. The molecule has 0 atom stereocenters. The van der Waals surface area contributed by atoms with Crippen molar-refractivity contribution in [1.29, 1.82) is 5.41 Å². The average molecular weight is 132 g/mol. The van der Waals surface area contributed by atoms with E-state index in [2.05, 4.69) is 11.6 Å². The topological polar surface area (TPSA) is 36.7 Å². The Hall–Kier alpha value is -1.44. The molecule has 0 fully saturated rings. The van der Waals surface area contributed by atoms with Crippen LogP contribution in [0.1, 0.15) is 11.1 Å². The number of nitrogens with zero attached hydrogens (tertiary/aromatic N) is 1. The fourth-order valence-electron chi connectivity index (χ4n) is 0.719. The first-order valence-corrected chi connectivity index (χ1v) is 2.95. The molecule has 0 amide bonds. The quantitative estimate of drug-likeness (QED) is 0.611. The van der Waals surface area contributed by atoms with E-state index in [1.807, 2.05) is 0 Å². The van der Waals surface area contributed by atoms with Crippen molar-refractivity contribution in [2.45, 2.75) is 0 Å². The van der Waals surface area contributed by atoms with Gasteiger partial charge in [-0.2, -0.15) is 0 Å². The molecule has 2 heteroatoms. The second-order valence-corrected chi connectivity index (χ2v) is 1.85. The molecule has 0 unspecified atom stereocenters. The Morgan fingerprint density at radius 3 is 2.80 bits per heavy atom. The summed E-state index contributed by atoms with van der Waals surface area (Å²) in [7, 11) is 0. The van der Waals surface area contributed by atoms with Gasteiger partial charge in [0.05, 0.1) is 0 Å². The van der Waals surface area contributed by atoms with Crippen LogP contribution < -0.4 is 0 Å². The van der Waals surface area contributed by atoms with E-state index >= 15 is 0 Å². The maximum absolute atomic E-state index is 6.99. The van der Waals surface area contributed by atoms with Crippen LogP contribution in [0.15, 0.2) is 25.0 Å². The molecule has 1 aromatic heterocycles. The van der Waals surface area contributed by atoms with Gasteiger partial charge in [0.2, 0.25) is 0 Å². The standard InChI is InChI=1S/C8H8N2/c1-2-7-6-10-4-3-8(7)5-9/h2-6,9H,1H2. The summed E-state index contributed by atoms with van der Waals surface area (Å²) in [4.78, 5) is 3.89. The summed E-state index contributed by atoms with van der Waals surface area (Å²) in [6.07, 6.45) is 6.33. The highest BCUT2D eigenvalue weighted by molar-refractivity contribution is 5.82. The lowest BCUT2D eigenvalue weighted by Gasteiger charge is -1.94. The van der Waals surface area contributed by atoms with Gasteiger partial charge in [-0.1, -0.05) is 12.7 Å². The molecular formula is C8H8N2. The third kappa shape index (κ3) is 1.10. The predicted molar refractivity (Wildman–Crippen MR) is 42.2 cm³/mol. The van der Waals surface area contributed by atoms with Crippen LogP contribution in [0.2, 0.25) is 0 Å². The normalized spacial score (nSPS) is 8.80. The third-order valence-corrected chi connectivity index (χ3v) is 1.26. The van der Waals surface area contributed by atoms with Crippen LogP contribution in [0.3, 0.4) is 0 Å². The molecule has 0 radical (unpaired) electrons. The first-order valence-electron chi connectivity index (χ1n) is 2.95. The molecule has 0 saturated carbocycles. The van der Waals surface area contributed by atoms with Crippen molar-refractivity contribution < 1.29 is 0 Å². The monoisotopic (exact) mass is 132 g/mol. The lowest BCUT2D eigenvalue weighted by atomic mass is 10.1. The number of rotatable bonds is 2. The predicted octanol–water partition coefficient (Wildman–Crippen LogP) is 1.72. The van der Waals surface area contributed by atoms with E-state index in [-0.39, 0.29) is 0 Å². The summed E-state index contributed by atoms with van der Waals surface area (Å²) in [6, 6.07) is 1.78. The highest BCUT2D eigenvalue weighted by Crippen LogP contribution is 2.03. The van der Waals surface area contributed by atoms with Crippen LogP contribution in [0.25, 0.3) is 6.08 Å². The molecule has 0 aliphatic rings. The molecule has 0 saturated heterocycles. The molecule has 1 rings (SSSR count). The Labute approximate surface area is 59.7 Å². The molecule has 0 aromatic carbocycles. The zero-order valence-corrected chi connectivity index (χ0v) is 5.54. The highest BCUT2D eigenvalue weighted by Gasteiger charge is 1.91. The molecule has 2 nitrogen and oxygen atoms in total. The lowest BCUT2D eigenvalue weighted by Crippen LogP contribution is -1.85. The minimum atomic E-state index is 0.852. The minimum absolute atomic E-state index is 0.852. The van der Waals surface area contributed by atoms with Crippen molar-refractivity contribution in [3.63, 3.8) is 0 Å². The van der Waals surface area contributed by atoms with Crippen molar-refractivity contribution in [3.8, 4) is 0 Å². The maximum atomic E-state index is 6.99. The molecule has 1 aromatic rings. The van der Waals surface area contributed by atoms with E-state index < -0.39 is 0 Å². The zero-order valence-electron chi connectivity index (χ0n) is 5.54. The summed E-state index contributed by atoms with van der Waals surface area (Å²) in [6.45, 7) is 3.60. The van der Waals surface area contributed by atoms with E-state index in [1.165, 1.54) is 6.21 Å². The second kappa shape index (κ2) is 2.92. The highest BCUT2D eigenvalue weighted by atomic mass is 14.6. The summed E-state index contributed by atoms with van der Waals surface area (Å²) in [5, 5.41) is 6.99. The second-order valence-electron chi connectivity index (χ2n) is 1.85. The fraction of sp³-hybridized carbons (Fsp3) is 0. The SMILES string of the molecule is C=Cc1cnccc1C=N. The van der Waals surface area contributed by atoms with Crippen molar-refractivity contribution >= 4 is 12.3 Å². The van der Waals surface area contributed by atoms with Gasteiger partial charge in [-0.05, 0) is 6.07 Å². The lowest BCUT2D eigenvalue weighted by molar-refractivity contribution is 1.31. The van der Waals surface area contributed by atoms with Crippen LogP contribution in [-0.2, 0) is 0 Å². The van der Waals surface area contributed by atoms with Crippen LogP contribution in [0.5, 0.6) is 0 Å². The van der Waals surface area contributed by atoms with E-state index in [0.29, 0.717) is 0 Å². The van der Waals surface area contributed by atoms with Gasteiger partial charge in [0.25, 0.3) is 0 Å². The summed E-state index contributed by atoms with van der Waals surface area (Å²) in [5.74, 6) is 0. The molecule has 0 bridgehead atoms. The van der Waals surface area contributed by atoms with E-state index in [1.54, 1.807) is 24.5 Å². The largest absolute Gasteiger partial charge is 0.308 e. The van der Waals surface area contributed by atoms with Gasteiger partial charge in [-0.25, -0.2) is 0 Å². The number of hydrogen-bond acceptors (Lipinski definition) is 2. The third-order valence-electron chi connectivity index (χ3n) is 1.26. The van der Waals surface area contributed by atoms with Gasteiger partial charge < -0.3 is 5.41 Å². The minimum Gasteiger partial charge on any atom is -0.308 e. The smallest absolute Gasteiger partial charge is 0.0346 e. The number of hydrogen-bond donors (Lipinski definition) is 1. The van der Waals surface area contributed by atoms with Gasteiger partial charge in [0.15, 0.2) is 0 Å². The average Bonchev–Trinajstić information content (AvgIpc) is 2.04. The van der Waals surface area contributed by atoms with Gasteiger partial charge in [-0.15, -0.1) is 0 Å². The van der Waals surface area contributed by atoms with Crippen LogP contribution in [0, 0.1) is 5.41 Å². The molecule has 0 aliphatic carbocycles. The van der Waals surface area contributed by atoms with Crippen LogP contribution in [-0.4, -0.2) is 11.2 Å². The Balaban J connectivity index is 3.20. The Kier molecular flexibility index (Phi) is 1.95. The molecule has 0 spiro atoms. The van der Waals surface area contributed by atoms with Gasteiger partial charge in [0.1, 0.15) is 0 Å². The number of nitrogens with one attached hydrogen (secondary N) is 1. The summed E-state index contributed by atoms with van der Waals surface area (Å²) < 4.78 is 0. The van der Waals surface area contributed by atoms with Crippen molar-refractivity contribution in [2.75, 3.05) is 0 Å². The zero-order chi connectivity index (χ0) is 7.40.